The molecule has 1 aromatic carbocycles. The first-order valence-corrected chi connectivity index (χ1v) is 7.66. The molecule has 0 bridgehead atoms. The molecule has 1 aromatic rings. The molecule has 1 aliphatic rings. The molecule has 3 heteroatoms. The third-order valence-corrected chi connectivity index (χ3v) is 3.81. The van der Waals surface area contributed by atoms with Gasteiger partial charge in [0.15, 0.2) is 0 Å². The standard InChI is InChI=1S/C14H21NOS/c1-11(7-8-17-2)15-10-13-9-12-5-3-4-6-14(12)16-13/h3-6,11,13,15H,7-10H2,1-2H3. The van der Waals surface area contributed by atoms with Crippen LogP contribution < -0.4 is 10.1 Å². The van der Waals surface area contributed by atoms with E-state index in [1.165, 1.54) is 17.7 Å². The molecule has 2 atom stereocenters. The number of thioether (sulfide) groups is 1. The molecule has 0 spiro atoms. The molecule has 0 saturated heterocycles. The Hall–Kier alpha value is -0.670. The summed E-state index contributed by atoms with van der Waals surface area (Å²) in [6.45, 7) is 3.20. The summed E-state index contributed by atoms with van der Waals surface area (Å²) in [6.07, 6.45) is 4.73. The van der Waals surface area contributed by atoms with Crippen molar-refractivity contribution < 1.29 is 4.74 Å². The second-order valence-corrected chi connectivity index (χ2v) is 5.63. The van der Waals surface area contributed by atoms with Crippen molar-refractivity contribution in [2.75, 3.05) is 18.6 Å². The van der Waals surface area contributed by atoms with Crippen LogP contribution in [-0.2, 0) is 6.42 Å². The fourth-order valence-corrected chi connectivity index (χ4v) is 2.69. The van der Waals surface area contributed by atoms with E-state index in [0.717, 1.165) is 18.7 Å². The zero-order valence-corrected chi connectivity index (χ0v) is 11.4. The van der Waals surface area contributed by atoms with E-state index in [1.54, 1.807) is 0 Å². The summed E-state index contributed by atoms with van der Waals surface area (Å²) in [5.41, 5.74) is 1.34. The molecule has 2 nitrogen and oxygen atoms in total. The van der Waals surface area contributed by atoms with E-state index in [1.807, 2.05) is 17.8 Å². The van der Waals surface area contributed by atoms with Gasteiger partial charge in [-0.3, -0.25) is 0 Å². The largest absolute Gasteiger partial charge is 0.488 e. The quantitative estimate of drug-likeness (QED) is 0.840. The van der Waals surface area contributed by atoms with Crippen molar-refractivity contribution in [3.8, 4) is 5.75 Å². The van der Waals surface area contributed by atoms with E-state index in [-0.39, 0.29) is 0 Å². The van der Waals surface area contributed by atoms with Gasteiger partial charge in [-0.25, -0.2) is 0 Å². The Balaban J connectivity index is 1.73. The molecule has 94 valence electrons. The Morgan fingerprint density at radius 1 is 1.47 bits per heavy atom. The average Bonchev–Trinajstić information content (AvgIpc) is 2.76. The molecule has 0 fully saturated rings. The minimum absolute atomic E-state index is 0.309. The lowest BCUT2D eigenvalue weighted by atomic mass is 10.1. The number of ether oxygens (including phenoxy) is 1. The topological polar surface area (TPSA) is 21.3 Å². The Kier molecular flexibility index (Phi) is 4.75. The molecule has 1 heterocycles. The lowest BCUT2D eigenvalue weighted by Gasteiger charge is -2.16. The number of fused-ring (bicyclic) bond motifs is 1. The van der Waals surface area contributed by atoms with Gasteiger partial charge in [-0.1, -0.05) is 18.2 Å². The highest BCUT2D eigenvalue weighted by molar-refractivity contribution is 7.98. The van der Waals surface area contributed by atoms with E-state index in [2.05, 4.69) is 36.7 Å². The second-order valence-electron chi connectivity index (χ2n) is 4.64. The van der Waals surface area contributed by atoms with Crippen LogP contribution in [0.5, 0.6) is 5.75 Å². The van der Waals surface area contributed by atoms with Crippen molar-refractivity contribution in [1.82, 2.24) is 5.32 Å². The average molecular weight is 251 g/mol. The predicted molar refractivity (Wildman–Crippen MR) is 75.0 cm³/mol. The molecule has 2 unspecified atom stereocenters. The van der Waals surface area contributed by atoms with E-state index < -0.39 is 0 Å². The van der Waals surface area contributed by atoms with Crippen molar-refractivity contribution in [3.63, 3.8) is 0 Å². The summed E-state index contributed by atoms with van der Waals surface area (Å²) in [4.78, 5) is 0. The molecule has 1 N–H and O–H groups in total. The van der Waals surface area contributed by atoms with Gasteiger partial charge in [0.1, 0.15) is 11.9 Å². The first kappa shape index (κ1) is 12.8. The fourth-order valence-electron chi connectivity index (χ4n) is 2.10. The monoisotopic (exact) mass is 251 g/mol. The SMILES string of the molecule is CSCCC(C)NCC1Cc2ccccc2O1. The Labute approximate surface area is 108 Å². The highest BCUT2D eigenvalue weighted by Gasteiger charge is 2.22. The third-order valence-electron chi connectivity index (χ3n) is 3.16. The summed E-state index contributed by atoms with van der Waals surface area (Å²) in [5, 5.41) is 3.56. The number of rotatable bonds is 6. The molecule has 17 heavy (non-hydrogen) atoms. The maximum atomic E-state index is 5.89. The Morgan fingerprint density at radius 3 is 3.06 bits per heavy atom. The van der Waals surface area contributed by atoms with Crippen molar-refractivity contribution in [2.45, 2.75) is 31.9 Å². The highest BCUT2D eigenvalue weighted by Crippen LogP contribution is 2.27. The van der Waals surface area contributed by atoms with E-state index in [4.69, 9.17) is 4.74 Å². The van der Waals surface area contributed by atoms with Gasteiger partial charge in [-0.15, -0.1) is 0 Å². The zero-order valence-electron chi connectivity index (χ0n) is 10.6. The Bertz CT molecular complexity index is 331. The zero-order chi connectivity index (χ0) is 12.1. The minimum Gasteiger partial charge on any atom is -0.488 e. The molecular formula is C14H21NOS. The van der Waals surface area contributed by atoms with Gasteiger partial charge in [0.25, 0.3) is 0 Å². The number of benzene rings is 1. The normalized spacial score (nSPS) is 19.8. The summed E-state index contributed by atoms with van der Waals surface area (Å²) in [6, 6.07) is 8.92. The first-order chi connectivity index (χ1) is 8.29. The molecule has 2 rings (SSSR count). The van der Waals surface area contributed by atoms with Gasteiger partial charge < -0.3 is 10.1 Å². The molecule has 0 amide bonds. The highest BCUT2D eigenvalue weighted by atomic mass is 32.2. The maximum Gasteiger partial charge on any atom is 0.123 e. The van der Waals surface area contributed by atoms with Crippen LogP contribution in [0.3, 0.4) is 0 Å². The summed E-state index contributed by atoms with van der Waals surface area (Å²) < 4.78 is 5.89. The van der Waals surface area contributed by atoms with Crippen molar-refractivity contribution >= 4 is 11.8 Å². The van der Waals surface area contributed by atoms with Crippen LogP contribution in [0.2, 0.25) is 0 Å². The van der Waals surface area contributed by atoms with Gasteiger partial charge in [0, 0.05) is 19.0 Å². The van der Waals surface area contributed by atoms with Gasteiger partial charge in [0.2, 0.25) is 0 Å². The van der Waals surface area contributed by atoms with Crippen LogP contribution in [0.1, 0.15) is 18.9 Å². The van der Waals surface area contributed by atoms with Crippen molar-refractivity contribution in [2.24, 2.45) is 0 Å². The number of hydrogen-bond donors (Lipinski definition) is 1. The second kappa shape index (κ2) is 6.31. The Morgan fingerprint density at radius 2 is 2.29 bits per heavy atom. The van der Waals surface area contributed by atoms with Crippen LogP contribution >= 0.6 is 11.8 Å². The van der Waals surface area contributed by atoms with Crippen LogP contribution in [-0.4, -0.2) is 30.7 Å². The molecule has 0 aliphatic carbocycles. The molecule has 1 aliphatic heterocycles. The number of nitrogens with one attached hydrogen (secondary N) is 1. The van der Waals surface area contributed by atoms with Gasteiger partial charge >= 0.3 is 0 Å². The minimum atomic E-state index is 0.309. The molecule has 0 saturated carbocycles. The third kappa shape index (κ3) is 3.65. The van der Waals surface area contributed by atoms with Crippen LogP contribution in [0.4, 0.5) is 0 Å². The number of hydrogen-bond acceptors (Lipinski definition) is 3. The lowest BCUT2D eigenvalue weighted by molar-refractivity contribution is 0.222. The van der Waals surface area contributed by atoms with Crippen LogP contribution in [0, 0.1) is 0 Å². The fraction of sp³-hybridized carbons (Fsp3) is 0.571. The number of para-hydroxylation sites is 1. The van der Waals surface area contributed by atoms with Gasteiger partial charge in [-0.05, 0) is 37.0 Å². The smallest absolute Gasteiger partial charge is 0.123 e. The van der Waals surface area contributed by atoms with E-state index in [9.17, 15) is 0 Å². The summed E-state index contributed by atoms with van der Waals surface area (Å²) >= 11 is 1.91. The van der Waals surface area contributed by atoms with E-state index in [0.29, 0.717) is 12.1 Å². The molecule has 0 radical (unpaired) electrons. The van der Waals surface area contributed by atoms with Crippen molar-refractivity contribution in [1.29, 1.82) is 0 Å². The molecule has 0 aromatic heterocycles. The van der Waals surface area contributed by atoms with Crippen LogP contribution in [0.25, 0.3) is 0 Å². The predicted octanol–water partition coefficient (Wildman–Crippen LogP) is 2.72. The summed E-state index contributed by atoms with van der Waals surface area (Å²) in [7, 11) is 0. The van der Waals surface area contributed by atoms with Crippen molar-refractivity contribution in [3.05, 3.63) is 29.8 Å². The van der Waals surface area contributed by atoms with E-state index >= 15 is 0 Å². The maximum absolute atomic E-state index is 5.89. The summed E-state index contributed by atoms with van der Waals surface area (Å²) in [5.74, 6) is 2.29. The van der Waals surface area contributed by atoms with Gasteiger partial charge in [-0.2, -0.15) is 11.8 Å². The molecular weight excluding hydrogens is 230 g/mol. The van der Waals surface area contributed by atoms with Gasteiger partial charge in [0.05, 0.1) is 0 Å². The first-order valence-electron chi connectivity index (χ1n) is 6.26. The lowest BCUT2D eigenvalue weighted by Crippen LogP contribution is -2.36. The van der Waals surface area contributed by atoms with Crippen LogP contribution in [0.15, 0.2) is 24.3 Å².